The summed E-state index contributed by atoms with van der Waals surface area (Å²) >= 11 is 0. The number of nitrogens with zero attached hydrogens (tertiary/aromatic N) is 1. The van der Waals surface area contributed by atoms with Crippen LogP contribution in [0.5, 0.6) is 5.75 Å². The number of ether oxygens (including phenoxy) is 1. The van der Waals surface area contributed by atoms with E-state index in [2.05, 4.69) is 5.32 Å². The van der Waals surface area contributed by atoms with E-state index in [0.29, 0.717) is 11.4 Å². The molecule has 0 atom stereocenters. The van der Waals surface area contributed by atoms with Crippen molar-refractivity contribution in [2.45, 2.75) is 18.2 Å². The second kappa shape index (κ2) is 8.13. The minimum atomic E-state index is -3.48. The van der Waals surface area contributed by atoms with Crippen LogP contribution in [0.1, 0.15) is 12.5 Å². The molecule has 1 amide bonds. The highest BCUT2D eigenvalue weighted by Crippen LogP contribution is 2.17. The summed E-state index contributed by atoms with van der Waals surface area (Å²) in [5, 5.41) is 2.68. The molecule has 0 bridgehead atoms. The van der Waals surface area contributed by atoms with Crippen molar-refractivity contribution in [3.8, 4) is 5.75 Å². The van der Waals surface area contributed by atoms with Crippen molar-refractivity contribution in [2.75, 3.05) is 26.0 Å². The molecule has 0 aromatic heterocycles. The van der Waals surface area contributed by atoms with Gasteiger partial charge in [0.25, 0.3) is 5.91 Å². The quantitative estimate of drug-likeness (QED) is 0.821. The van der Waals surface area contributed by atoms with Gasteiger partial charge in [-0.2, -0.15) is 0 Å². The summed E-state index contributed by atoms with van der Waals surface area (Å²) in [5.74, 6) is 0.326. The average Bonchev–Trinajstić information content (AvgIpc) is 2.60. The van der Waals surface area contributed by atoms with Crippen LogP contribution in [-0.2, 0) is 21.2 Å². The smallest absolute Gasteiger partial charge is 0.262 e. The van der Waals surface area contributed by atoms with E-state index in [4.69, 9.17) is 4.74 Å². The molecule has 0 saturated carbocycles. The summed E-state index contributed by atoms with van der Waals surface area (Å²) in [6, 6.07) is 13.6. The zero-order valence-electron chi connectivity index (χ0n) is 14.5. The number of nitrogens with one attached hydrogen (secondary N) is 1. The first kappa shape index (κ1) is 19.0. The Balaban J connectivity index is 1.94. The van der Waals surface area contributed by atoms with Crippen LogP contribution in [-0.4, -0.2) is 39.3 Å². The van der Waals surface area contributed by atoms with Crippen molar-refractivity contribution >= 4 is 21.6 Å². The zero-order chi connectivity index (χ0) is 18.4. The first-order chi connectivity index (χ1) is 11.8. The molecule has 25 heavy (non-hydrogen) atoms. The van der Waals surface area contributed by atoms with E-state index < -0.39 is 10.0 Å². The maximum Gasteiger partial charge on any atom is 0.262 e. The van der Waals surface area contributed by atoms with Gasteiger partial charge >= 0.3 is 0 Å². The lowest BCUT2D eigenvalue weighted by atomic mass is 10.2. The van der Waals surface area contributed by atoms with Gasteiger partial charge in [-0.1, -0.05) is 19.1 Å². The standard InChI is InChI=1S/C18H22N2O4S/c1-4-14-6-5-7-16(12-14)24-13-18(21)19-15-8-10-17(11-9-15)25(22,23)20(2)3/h5-12H,4,13H2,1-3H3,(H,19,21). The van der Waals surface area contributed by atoms with E-state index in [-0.39, 0.29) is 17.4 Å². The Morgan fingerprint density at radius 1 is 1.12 bits per heavy atom. The molecule has 0 aliphatic carbocycles. The summed E-state index contributed by atoms with van der Waals surface area (Å²) in [6.45, 7) is 1.93. The zero-order valence-corrected chi connectivity index (χ0v) is 15.3. The fourth-order valence-electron chi connectivity index (χ4n) is 2.12. The highest BCUT2D eigenvalue weighted by atomic mass is 32.2. The molecule has 6 nitrogen and oxygen atoms in total. The molecule has 134 valence electrons. The molecule has 0 aliphatic rings. The van der Waals surface area contributed by atoms with Crippen LogP contribution in [0.25, 0.3) is 0 Å². The molecule has 0 saturated heterocycles. The minimum Gasteiger partial charge on any atom is -0.484 e. The minimum absolute atomic E-state index is 0.120. The van der Waals surface area contributed by atoms with E-state index in [1.807, 2.05) is 25.1 Å². The molecular weight excluding hydrogens is 340 g/mol. The predicted molar refractivity (Wildman–Crippen MR) is 97.3 cm³/mol. The van der Waals surface area contributed by atoms with Gasteiger partial charge in [0.2, 0.25) is 10.0 Å². The number of carbonyl (C=O) groups is 1. The Labute approximate surface area is 148 Å². The molecule has 0 radical (unpaired) electrons. The van der Waals surface area contributed by atoms with Crippen molar-refractivity contribution in [1.29, 1.82) is 0 Å². The maximum absolute atomic E-state index is 12.0. The fourth-order valence-corrected chi connectivity index (χ4v) is 3.02. The van der Waals surface area contributed by atoms with Crippen LogP contribution < -0.4 is 10.1 Å². The summed E-state index contributed by atoms with van der Waals surface area (Å²) in [5.41, 5.74) is 1.64. The SMILES string of the molecule is CCc1cccc(OCC(=O)Nc2ccc(S(=O)(=O)N(C)C)cc2)c1. The largest absolute Gasteiger partial charge is 0.484 e. The van der Waals surface area contributed by atoms with E-state index in [0.717, 1.165) is 16.3 Å². The molecule has 2 aromatic rings. The number of amides is 1. The number of sulfonamides is 1. The van der Waals surface area contributed by atoms with Gasteiger partial charge in [-0.25, -0.2) is 12.7 Å². The molecule has 0 unspecified atom stereocenters. The lowest BCUT2D eigenvalue weighted by Crippen LogP contribution is -2.22. The topological polar surface area (TPSA) is 75.7 Å². The molecule has 0 heterocycles. The summed E-state index contributed by atoms with van der Waals surface area (Å²) < 4.78 is 30.6. The van der Waals surface area contributed by atoms with E-state index >= 15 is 0 Å². The second-order valence-electron chi connectivity index (χ2n) is 5.65. The number of rotatable bonds is 7. The predicted octanol–water partition coefficient (Wildman–Crippen LogP) is 2.52. The number of hydrogen-bond donors (Lipinski definition) is 1. The Kier molecular flexibility index (Phi) is 6.17. The fraction of sp³-hybridized carbons (Fsp3) is 0.278. The van der Waals surface area contributed by atoms with E-state index in [1.165, 1.54) is 26.2 Å². The molecule has 2 aromatic carbocycles. The van der Waals surface area contributed by atoms with Gasteiger partial charge in [-0.15, -0.1) is 0 Å². The summed E-state index contributed by atoms with van der Waals surface area (Å²) in [4.78, 5) is 12.1. The van der Waals surface area contributed by atoms with Gasteiger partial charge in [0.05, 0.1) is 4.90 Å². The molecule has 1 N–H and O–H groups in total. The van der Waals surface area contributed by atoms with Crippen molar-refractivity contribution in [2.24, 2.45) is 0 Å². The van der Waals surface area contributed by atoms with Gasteiger partial charge < -0.3 is 10.1 Å². The van der Waals surface area contributed by atoms with Crippen molar-refractivity contribution in [3.05, 3.63) is 54.1 Å². The monoisotopic (exact) mass is 362 g/mol. The van der Waals surface area contributed by atoms with Gasteiger partial charge in [-0.05, 0) is 48.4 Å². The third-order valence-electron chi connectivity index (χ3n) is 3.59. The van der Waals surface area contributed by atoms with Crippen molar-refractivity contribution in [1.82, 2.24) is 4.31 Å². The van der Waals surface area contributed by atoms with Crippen LogP contribution in [0.3, 0.4) is 0 Å². The van der Waals surface area contributed by atoms with Crippen LogP contribution >= 0.6 is 0 Å². The Morgan fingerprint density at radius 3 is 2.40 bits per heavy atom. The number of anilines is 1. The molecule has 7 heteroatoms. The first-order valence-corrected chi connectivity index (χ1v) is 9.31. The summed E-state index contributed by atoms with van der Waals surface area (Å²) in [6.07, 6.45) is 0.894. The van der Waals surface area contributed by atoms with Crippen LogP contribution in [0.4, 0.5) is 5.69 Å². The van der Waals surface area contributed by atoms with Gasteiger partial charge in [0, 0.05) is 19.8 Å². The lowest BCUT2D eigenvalue weighted by Gasteiger charge is -2.12. The Bertz CT molecular complexity index is 830. The van der Waals surface area contributed by atoms with Gasteiger partial charge in [0.15, 0.2) is 6.61 Å². The van der Waals surface area contributed by atoms with E-state index in [1.54, 1.807) is 18.2 Å². The lowest BCUT2D eigenvalue weighted by molar-refractivity contribution is -0.118. The van der Waals surface area contributed by atoms with Crippen LogP contribution in [0, 0.1) is 0 Å². The van der Waals surface area contributed by atoms with Gasteiger partial charge in [-0.3, -0.25) is 4.79 Å². The third-order valence-corrected chi connectivity index (χ3v) is 5.42. The molecule has 0 aliphatic heterocycles. The molecule has 0 spiro atoms. The third kappa shape index (κ3) is 5.04. The highest BCUT2D eigenvalue weighted by Gasteiger charge is 2.16. The van der Waals surface area contributed by atoms with Crippen LogP contribution in [0.2, 0.25) is 0 Å². The second-order valence-corrected chi connectivity index (χ2v) is 7.80. The average molecular weight is 362 g/mol. The van der Waals surface area contributed by atoms with Crippen molar-refractivity contribution in [3.63, 3.8) is 0 Å². The Hall–Kier alpha value is -2.38. The molecular formula is C18H22N2O4S. The summed E-state index contributed by atoms with van der Waals surface area (Å²) in [7, 11) is -0.543. The molecule has 2 rings (SSSR count). The number of carbonyl (C=O) groups excluding carboxylic acids is 1. The maximum atomic E-state index is 12.0. The molecule has 0 fully saturated rings. The first-order valence-electron chi connectivity index (χ1n) is 7.87. The number of benzene rings is 2. The Morgan fingerprint density at radius 2 is 1.80 bits per heavy atom. The van der Waals surface area contributed by atoms with Crippen LogP contribution in [0.15, 0.2) is 53.4 Å². The van der Waals surface area contributed by atoms with Gasteiger partial charge in [0.1, 0.15) is 5.75 Å². The number of aryl methyl sites for hydroxylation is 1. The normalized spacial score (nSPS) is 11.4. The van der Waals surface area contributed by atoms with Crippen molar-refractivity contribution < 1.29 is 17.9 Å². The number of hydrogen-bond acceptors (Lipinski definition) is 4. The highest BCUT2D eigenvalue weighted by molar-refractivity contribution is 7.89. The van der Waals surface area contributed by atoms with E-state index in [9.17, 15) is 13.2 Å².